The van der Waals surface area contributed by atoms with Crippen LogP contribution in [-0.2, 0) is 18.2 Å². The van der Waals surface area contributed by atoms with Crippen molar-refractivity contribution in [2.75, 3.05) is 6.61 Å². The molecule has 2 saturated heterocycles. The van der Waals surface area contributed by atoms with Crippen LogP contribution in [0.3, 0.4) is 0 Å². The van der Waals surface area contributed by atoms with Crippen molar-refractivity contribution in [2.45, 2.75) is 44.6 Å². The largest absolute Gasteiger partial charge is 0.368 e. The number of piperidine rings is 1. The number of ether oxygens (including phenoxy) is 1. The van der Waals surface area contributed by atoms with Crippen LogP contribution in [0.2, 0.25) is 0 Å². The zero-order valence-corrected chi connectivity index (χ0v) is 14.4. The molecular weight excluding hydrogens is 300 g/mol. The summed E-state index contributed by atoms with van der Waals surface area (Å²) in [6.07, 6.45) is 2.62. The first-order valence-electron chi connectivity index (χ1n) is 9.31. The minimum Gasteiger partial charge on any atom is -0.368 e. The lowest BCUT2D eigenvalue weighted by molar-refractivity contribution is -0.216. The smallest absolute Gasteiger partial charge is 0.159 e. The number of fused-ring (bicyclic) bond motifs is 8. The zero-order chi connectivity index (χ0) is 16.4. The van der Waals surface area contributed by atoms with Crippen LogP contribution < -0.4 is 5.32 Å². The maximum atomic E-state index is 10.5. The van der Waals surface area contributed by atoms with Gasteiger partial charge in [-0.1, -0.05) is 31.5 Å². The Hall–Kier alpha value is -1.36. The molecule has 4 nitrogen and oxygen atoms in total. The molecule has 0 unspecified atom stereocenters. The van der Waals surface area contributed by atoms with Crippen LogP contribution in [-0.4, -0.2) is 28.6 Å². The van der Waals surface area contributed by atoms with E-state index in [0.29, 0.717) is 30.5 Å². The van der Waals surface area contributed by atoms with Crippen molar-refractivity contribution in [1.29, 1.82) is 0 Å². The number of nitrogens with zero attached hydrogens (tertiary/aromatic N) is 1. The maximum absolute atomic E-state index is 10.5. The molecule has 2 aromatic rings. The van der Waals surface area contributed by atoms with Crippen LogP contribution in [0.15, 0.2) is 24.3 Å². The number of rotatable bonds is 1. The number of aliphatic hydroxyl groups is 1. The van der Waals surface area contributed by atoms with Gasteiger partial charge in [-0.05, 0) is 36.3 Å². The molecule has 2 N–H and O–H groups in total. The van der Waals surface area contributed by atoms with Crippen LogP contribution >= 0.6 is 0 Å². The molecule has 0 amide bonds. The van der Waals surface area contributed by atoms with E-state index in [4.69, 9.17) is 4.74 Å². The molecule has 1 aromatic carbocycles. The molecule has 2 fully saturated rings. The third-order valence-corrected chi connectivity index (χ3v) is 6.84. The van der Waals surface area contributed by atoms with Crippen molar-refractivity contribution < 1.29 is 9.84 Å². The summed E-state index contributed by atoms with van der Waals surface area (Å²) in [5.41, 5.74) is 4.26. The number of aromatic nitrogens is 1. The topological polar surface area (TPSA) is 46.4 Å². The number of aliphatic hydroxyl groups excluding tert-OH is 1. The molecule has 1 aromatic heterocycles. The van der Waals surface area contributed by atoms with Gasteiger partial charge in [0.15, 0.2) is 6.29 Å². The van der Waals surface area contributed by atoms with Crippen molar-refractivity contribution >= 4 is 10.9 Å². The van der Waals surface area contributed by atoms with E-state index in [1.165, 1.54) is 22.2 Å². The Bertz CT molecular complexity index is 783. The molecule has 6 atom stereocenters. The monoisotopic (exact) mass is 326 g/mol. The predicted molar refractivity (Wildman–Crippen MR) is 93.6 cm³/mol. The number of benzene rings is 1. The fourth-order valence-electron chi connectivity index (χ4n) is 5.72. The van der Waals surface area contributed by atoms with E-state index in [2.05, 4.69) is 48.1 Å². The number of nitrogens with one attached hydrogen (secondary N) is 1. The second-order valence-electron chi connectivity index (χ2n) is 7.84. The average Bonchev–Trinajstić information content (AvgIpc) is 2.88. The summed E-state index contributed by atoms with van der Waals surface area (Å²) in [5, 5.41) is 15.7. The number of para-hydroxylation sites is 1. The summed E-state index contributed by atoms with van der Waals surface area (Å²) in [4.78, 5) is 0. The van der Waals surface area contributed by atoms with Gasteiger partial charge in [0.05, 0.1) is 6.61 Å². The molecule has 4 heterocycles. The van der Waals surface area contributed by atoms with Crippen molar-refractivity contribution in [3.8, 4) is 0 Å². The van der Waals surface area contributed by atoms with Gasteiger partial charge in [-0.3, -0.25) is 0 Å². The molecule has 0 radical (unpaired) electrons. The van der Waals surface area contributed by atoms with E-state index in [9.17, 15) is 5.11 Å². The number of hydrogen-bond acceptors (Lipinski definition) is 3. The van der Waals surface area contributed by atoms with Gasteiger partial charge in [-0.15, -0.1) is 0 Å². The standard InChI is InChI=1S/C20H26N2O2/c1-3-11-10-24-20(23)18-13(11)8-16-19-14(9-15(18)21-16)12-6-4-5-7-17(12)22(19)2/h4-7,11,13,15-16,18,20-21,23H,3,8-10H2,1-2H3/t11-,13+,15+,16+,18+,20-/m1/s1. The van der Waals surface area contributed by atoms with Crippen molar-refractivity contribution in [3.63, 3.8) is 0 Å². The molecule has 0 spiro atoms. The van der Waals surface area contributed by atoms with Crippen molar-refractivity contribution in [2.24, 2.45) is 24.8 Å². The zero-order valence-electron chi connectivity index (χ0n) is 14.4. The van der Waals surface area contributed by atoms with E-state index >= 15 is 0 Å². The van der Waals surface area contributed by atoms with E-state index in [1.54, 1.807) is 0 Å². The van der Waals surface area contributed by atoms with Gasteiger partial charge in [-0.2, -0.15) is 0 Å². The molecule has 3 aliphatic heterocycles. The Morgan fingerprint density at radius 1 is 1.33 bits per heavy atom. The Balaban J connectivity index is 1.63. The Morgan fingerprint density at radius 3 is 3.00 bits per heavy atom. The summed E-state index contributed by atoms with van der Waals surface area (Å²) in [5.74, 6) is 1.34. The van der Waals surface area contributed by atoms with E-state index in [-0.39, 0.29) is 5.92 Å². The van der Waals surface area contributed by atoms with Gasteiger partial charge in [0.1, 0.15) is 0 Å². The highest BCUT2D eigenvalue weighted by Gasteiger charge is 2.50. The predicted octanol–water partition coefficient (Wildman–Crippen LogP) is 2.74. The fourth-order valence-corrected chi connectivity index (χ4v) is 5.72. The minimum atomic E-state index is -0.618. The van der Waals surface area contributed by atoms with Crippen LogP contribution in [0.25, 0.3) is 10.9 Å². The SMILES string of the molecule is CC[C@@H]1CO[C@@H](O)[C@H]2[C@H]1C[C@@H]1N[C@H]2Cc2c1n(C)c1ccccc21. The third kappa shape index (κ3) is 1.91. The van der Waals surface area contributed by atoms with E-state index in [0.717, 1.165) is 19.3 Å². The number of hydrogen-bond donors (Lipinski definition) is 2. The highest BCUT2D eigenvalue weighted by atomic mass is 16.6. The first kappa shape index (κ1) is 14.9. The third-order valence-electron chi connectivity index (χ3n) is 6.84. The van der Waals surface area contributed by atoms with Crippen LogP contribution in [0.4, 0.5) is 0 Å². The van der Waals surface area contributed by atoms with Crippen molar-refractivity contribution in [3.05, 3.63) is 35.5 Å². The minimum absolute atomic E-state index is 0.215. The fraction of sp³-hybridized carbons (Fsp3) is 0.600. The summed E-state index contributed by atoms with van der Waals surface area (Å²) in [7, 11) is 2.20. The molecule has 0 aliphatic carbocycles. The van der Waals surface area contributed by atoms with Crippen molar-refractivity contribution in [1.82, 2.24) is 9.88 Å². The summed E-state index contributed by atoms with van der Waals surface area (Å²) < 4.78 is 8.12. The Morgan fingerprint density at radius 2 is 2.17 bits per heavy atom. The van der Waals surface area contributed by atoms with Gasteiger partial charge in [-0.25, -0.2) is 0 Å². The average molecular weight is 326 g/mol. The van der Waals surface area contributed by atoms with Crippen LogP contribution in [0.5, 0.6) is 0 Å². The number of aryl methyl sites for hydroxylation is 1. The lowest BCUT2D eigenvalue weighted by Crippen LogP contribution is -2.59. The van der Waals surface area contributed by atoms with E-state index in [1.807, 2.05) is 0 Å². The molecule has 5 rings (SSSR count). The van der Waals surface area contributed by atoms with Gasteiger partial charge in [0.25, 0.3) is 0 Å². The molecule has 2 bridgehead atoms. The van der Waals surface area contributed by atoms with Crippen LogP contribution in [0, 0.1) is 17.8 Å². The van der Waals surface area contributed by atoms with Gasteiger partial charge in [0, 0.05) is 41.6 Å². The Kier molecular flexibility index (Phi) is 3.31. The second kappa shape index (κ2) is 5.32. The summed E-state index contributed by atoms with van der Waals surface area (Å²) in [6.45, 7) is 2.96. The van der Waals surface area contributed by atoms with Gasteiger partial charge < -0.3 is 19.7 Å². The first-order chi connectivity index (χ1) is 11.7. The Labute approximate surface area is 142 Å². The first-order valence-corrected chi connectivity index (χ1v) is 9.31. The second-order valence-corrected chi connectivity index (χ2v) is 7.84. The summed E-state index contributed by atoms with van der Waals surface area (Å²) in [6, 6.07) is 9.44. The highest BCUT2D eigenvalue weighted by molar-refractivity contribution is 5.86. The molecular formula is C20H26N2O2. The molecule has 128 valence electrons. The highest BCUT2D eigenvalue weighted by Crippen LogP contribution is 2.49. The molecule has 3 aliphatic rings. The van der Waals surface area contributed by atoms with Crippen LogP contribution in [0.1, 0.15) is 37.1 Å². The quantitative estimate of drug-likeness (QED) is 0.847. The molecule has 0 saturated carbocycles. The lowest BCUT2D eigenvalue weighted by atomic mass is 9.65. The lowest BCUT2D eigenvalue weighted by Gasteiger charge is -2.52. The normalized spacial score (nSPS) is 38.0. The van der Waals surface area contributed by atoms with Gasteiger partial charge in [0.2, 0.25) is 0 Å². The molecule has 4 heteroatoms. The summed E-state index contributed by atoms with van der Waals surface area (Å²) >= 11 is 0. The molecule has 24 heavy (non-hydrogen) atoms. The maximum Gasteiger partial charge on any atom is 0.159 e. The van der Waals surface area contributed by atoms with E-state index < -0.39 is 6.29 Å². The van der Waals surface area contributed by atoms with Gasteiger partial charge >= 0.3 is 0 Å².